The van der Waals surface area contributed by atoms with E-state index < -0.39 is 11.2 Å². The summed E-state index contributed by atoms with van der Waals surface area (Å²) >= 11 is 4.17. The molecule has 5 heteroatoms. The second kappa shape index (κ2) is 5.21. The van der Waals surface area contributed by atoms with Gasteiger partial charge in [0.2, 0.25) is 0 Å². The third kappa shape index (κ3) is 4.15. The van der Waals surface area contributed by atoms with Crippen molar-refractivity contribution in [2.75, 3.05) is 0 Å². The fraction of sp³-hybridized carbons (Fsp3) is 0.727. The predicted molar refractivity (Wildman–Crippen MR) is 69.7 cm³/mol. The summed E-state index contributed by atoms with van der Waals surface area (Å²) in [5.41, 5.74) is 1.76. The first-order chi connectivity index (χ1) is 6.99. The molecule has 0 saturated heterocycles. The van der Waals surface area contributed by atoms with Crippen LogP contribution in [0.15, 0.2) is 10.6 Å². The highest BCUT2D eigenvalue weighted by Gasteiger charge is 2.37. The second-order valence-electron chi connectivity index (χ2n) is 4.86. The van der Waals surface area contributed by atoms with E-state index in [9.17, 15) is 5.11 Å². The van der Waals surface area contributed by atoms with Gasteiger partial charge in [0.25, 0.3) is 0 Å². The van der Waals surface area contributed by atoms with Crippen LogP contribution < -0.4 is 5.48 Å². The standard InChI is InChI=1S/C11H22N2O2S/c1-7(12)9(8(2)16)13-15-11(5,6)10(3,4)14/h12-14,16H,1-6H3/b9-8+,12-7?. The van der Waals surface area contributed by atoms with Crippen molar-refractivity contribution in [3.63, 3.8) is 0 Å². The van der Waals surface area contributed by atoms with Crippen LogP contribution in [0.25, 0.3) is 0 Å². The van der Waals surface area contributed by atoms with Gasteiger partial charge in [-0.2, -0.15) is 0 Å². The van der Waals surface area contributed by atoms with Crippen LogP contribution in [0, 0.1) is 5.41 Å². The number of nitrogens with one attached hydrogen (secondary N) is 2. The first-order valence-electron chi connectivity index (χ1n) is 5.11. The topological polar surface area (TPSA) is 65.3 Å². The molecule has 4 nitrogen and oxygen atoms in total. The fourth-order valence-corrected chi connectivity index (χ4v) is 0.939. The molecule has 0 aliphatic heterocycles. The smallest absolute Gasteiger partial charge is 0.118 e. The van der Waals surface area contributed by atoms with Crippen molar-refractivity contribution in [3.8, 4) is 0 Å². The van der Waals surface area contributed by atoms with Gasteiger partial charge in [0.1, 0.15) is 5.60 Å². The van der Waals surface area contributed by atoms with Crippen molar-refractivity contribution >= 4 is 18.3 Å². The van der Waals surface area contributed by atoms with Crippen molar-refractivity contribution in [3.05, 3.63) is 10.6 Å². The van der Waals surface area contributed by atoms with E-state index in [1.807, 2.05) is 0 Å². The Hall–Kier alpha value is -0.520. The molecule has 0 saturated carbocycles. The van der Waals surface area contributed by atoms with Gasteiger partial charge in [-0.3, -0.25) is 10.3 Å². The lowest BCUT2D eigenvalue weighted by Gasteiger charge is -2.36. The lowest BCUT2D eigenvalue weighted by atomic mass is 9.90. The molecule has 0 unspecified atom stereocenters. The third-order valence-electron chi connectivity index (χ3n) is 2.62. The van der Waals surface area contributed by atoms with Crippen molar-refractivity contribution in [1.82, 2.24) is 5.48 Å². The van der Waals surface area contributed by atoms with Gasteiger partial charge in [-0.05, 0) is 41.5 Å². The maximum atomic E-state index is 9.88. The Morgan fingerprint density at radius 1 is 1.25 bits per heavy atom. The summed E-state index contributed by atoms with van der Waals surface area (Å²) in [6.45, 7) is 10.3. The summed E-state index contributed by atoms with van der Waals surface area (Å²) in [5.74, 6) is 0. The normalized spacial score (nSPS) is 14.5. The molecular formula is C11H22N2O2S. The SMILES string of the molecule is CC(=N)/C(NOC(C)(C)C(C)(C)O)=C(/C)S. The minimum absolute atomic E-state index is 0.332. The molecule has 0 spiro atoms. The minimum atomic E-state index is -0.994. The molecule has 0 radical (unpaired) electrons. The van der Waals surface area contributed by atoms with Gasteiger partial charge >= 0.3 is 0 Å². The summed E-state index contributed by atoms with van der Waals surface area (Å²) < 4.78 is 0. The molecule has 0 aliphatic rings. The summed E-state index contributed by atoms with van der Waals surface area (Å²) in [5, 5.41) is 17.4. The molecule has 3 N–H and O–H groups in total. The van der Waals surface area contributed by atoms with Crippen LogP contribution in [0.3, 0.4) is 0 Å². The van der Waals surface area contributed by atoms with Gasteiger partial charge < -0.3 is 10.5 Å². The Balaban J connectivity index is 4.69. The minimum Gasteiger partial charge on any atom is -0.387 e. The summed E-state index contributed by atoms with van der Waals surface area (Å²) in [6.07, 6.45) is 0. The molecule has 0 aromatic carbocycles. The van der Waals surface area contributed by atoms with Gasteiger partial charge in [0.15, 0.2) is 0 Å². The van der Waals surface area contributed by atoms with E-state index in [-0.39, 0.29) is 0 Å². The molecule has 0 bridgehead atoms. The number of hydroxylamine groups is 1. The maximum absolute atomic E-state index is 9.88. The Bertz CT molecular complexity index is 300. The molecule has 0 fully saturated rings. The van der Waals surface area contributed by atoms with Crippen LogP contribution in [-0.2, 0) is 4.84 Å². The monoisotopic (exact) mass is 246 g/mol. The Morgan fingerprint density at radius 3 is 1.94 bits per heavy atom. The van der Waals surface area contributed by atoms with Gasteiger partial charge in [-0.1, -0.05) is 0 Å². The quantitative estimate of drug-likeness (QED) is 0.342. The molecule has 16 heavy (non-hydrogen) atoms. The number of hydrogen-bond acceptors (Lipinski definition) is 5. The number of hydrogen-bond donors (Lipinski definition) is 4. The molecule has 0 aliphatic carbocycles. The Labute approximate surface area is 103 Å². The molecule has 0 heterocycles. The average Bonchev–Trinajstić information content (AvgIpc) is 1.99. The number of aliphatic hydroxyl groups is 1. The zero-order chi connectivity index (χ0) is 13.1. The number of rotatable bonds is 5. The van der Waals surface area contributed by atoms with Gasteiger partial charge in [0, 0.05) is 4.91 Å². The van der Waals surface area contributed by atoms with Crippen LogP contribution in [-0.4, -0.2) is 22.0 Å². The van der Waals surface area contributed by atoms with Crippen molar-refractivity contribution < 1.29 is 9.94 Å². The van der Waals surface area contributed by atoms with Crippen molar-refractivity contribution in [2.24, 2.45) is 0 Å². The zero-order valence-corrected chi connectivity index (χ0v) is 11.7. The molecule has 94 valence electrons. The molecule has 0 atom stereocenters. The van der Waals surface area contributed by atoms with E-state index in [1.165, 1.54) is 0 Å². The van der Waals surface area contributed by atoms with Crippen LogP contribution in [0.4, 0.5) is 0 Å². The highest BCUT2D eigenvalue weighted by molar-refractivity contribution is 7.84. The largest absolute Gasteiger partial charge is 0.387 e. The predicted octanol–water partition coefficient (Wildman–Crippen LogP) is 2.26. The number of thiol groups is 1. The second-order valence-corrected chi connectivity index (χ2v) is 5.53. The van der Waals surface area contributed by atoms with Crippen LogP contribution in [0.5, 0.6) is 0 Å². The van der Waals surface area contributed by atoms with Gasteiger partial charge in [0.05, 0.1) is 17.0 Å². The first kappa shape index (κ1) is 15.5. The lowest BCUT2D eigenvalue weighted by Crippen LogP contribution is -2.50. The van der Waals surface area contributed by atoms with Crippen molar-refractivity contribution in [2.45, 2.75) is 52.7 Å². The highest BCUT2D eigenvalue weighted by atomic mass is 32.1. The van der Waals surface area contributed by atoms with Crippen LogP contribution >= 0.6 is 12.6 Å². The van der Waals surface area contributed by atoms with E-state index in [0.717, 1.165) is 0 Å². The molecule has 0 aromatic rings. The van der Waals surface area contributed by atoms with Crippen molar-refractivity contribution in [1.29, 1.82) is 5.41 Å². The highest BCUT2D eigenvalue weighted by Crippen LogP contribution is 2.24. The summed E-state index contributed by atoms with van der Waals surface area (Å²) in [4.78, 5) is 6.10. The summed E-state index contributed by atoms with van der Waals surface area (Å²) in [7, 11) is 0. The van der Waals surface area contributed by atoms with Crippen LogP contribution in [0.1, 0.15) is 41.5 Å². The molecule has 0 rings (SSSR count). The van der Waals surface area contributed by atoms with E-state index in [4.69, 9.17) is 10.2 Å². The number of allylic oxidation sites excluding steroid dienone is 2. The fourth-order valence-electron chi connectivity index (χ4n) is 0.725. The zero-order valence-electron chi connectivity index (χ0n) is 10.8. The summed E-state index contributed by atoms with van der Waals surface area (Å²) in [6, 6.07) is 0. The molecule has 0 aromatic heterocycles. The lowest BCUT2D eigenvalue weighted by molar-refractivity contribution is -0.174. The Morgan fingerprint density at radius 2 is 1.69 bits per heavy atom. The van der Waals surface area contributed by atoms with E-state index >= 15 is 0 Å². The van der Waals surface area contributed by atoms with E-state index in [1.54, 1.807) is 41.5 Å². The van der Waals surface area contributed by atoms with E-state index in [0.29, 0.717) is 16.3 Å². The Kier molecular flexibility index (Phi) is 5.04. The van der Waals surface area contributed by atoms with Gasteiger partial charge in [-0.15, -0.1) is 12.6 Å². The van der Waals surface area contributed by atoms with Gasteiger partial charge in [-0.25, -0.2) is 0 Å². The third-order valence-corrected chi connectivity index (χ3v) is 2.84. The first-order valence-corrected chi connectivity index (χ1v) is 5.55. The van der Waals surface area contributed by atoms with E-state index in [2.05, 4.69) is 18.1 Å². The molecule has 0 amide bonds. The molecular weight excluding hydrogens is 224 g/mol. The maximum Gasteiger partial charge on any atom is 0.118 e. The van der Waals surface area contributed by atoms with Crippen LogP contribution in [0.2, 0.25) is 0 Å². The average molecular weight is 246 g/mol.